The van der Waals surface area contributed by atoms with Crippen molar-refractivity contribution in [2.45, 2.75) is 52.1 Å². The first-order valence-corrected chi connectivity index (χ1v) is 8.76. The van der Waals surface area contributed by atoms with E-state index >= 15 is 0 Å². The molecule has 5 heteroatoms. The van der Waals surface area contributed by atoms with E-state index in [2.05, 4.69) is 4.98 Å². The van der Waals surface area contributed by atoms with Gasteiger partial charge in [0.1, 0.15) is 18.1 Å². The summed E-state index contributed by atoms with van der Waals surface area (Å²) < 4.78 is 11.0. The summed E-state index contributed by atoms with van der Waals surface area (Å²) in [4.78, 5) is 17.3. The van der Waals surface area contributed by atoms with Crippen molar-refractivity contribution in [1.29, 1.82) is 0 Å². The van der Waals surface area contributed by atoms with E-state index in [0.717, 1.165) is 11.3 Å². The molecule has 1 fully saturated rings. The molecule has 2 heterocycles. The van der Waals surface area contributed by atoms with Gasteiger partial charge in [0.2, 0.25) is 5.89 Å². The summed E-state index contributed by atoms with van der Waals surface area (Å²) in [5, 5.41) is 1.98. The van der Waals surface area contributed by atoms with Crippen molar-refractivity contribution in [3.05, 3.63) is 29.0 Å². The van der Waals surface area contributed by atoms with Crippen molar-refractivity contribution in [3.63, 3.8) is 0 Å². The van der Waals surface area contributed by atoms with E-state index in [1.54, 1.807) is 11.3 Å². The molecule has 0 amide bonds. The maximum atomic E-state index is 11.8. The molecule has 0 aromatic carbocycles. The van der Waals surface area contributed by atoms with E-state index in [9.17, 15) is 4.79 Å². The predicted molar refractivity (Wildman–Crippen MR) is 85.5 cm³/mol. The minimum Gasteiger partial charge on any atom is -0.459 e. The molecular weight excluding hydrogens is 298 g/mol. The fourth-order valence-electron chi connectivity index (χ4n) is 2.91. The Hall–Kier alpha value is -1.62. The number of carbonyl (C=O) groups is 1. The number of aryl methyl sites for hydroxylation is 1. The lowest BCUT2D eigenvalue weighted by Crippen LogP contribution is -2.07. The Morgan fingerprint density at radius 2 is 2.27 bits per heavy atom. The Labute approximate surface area is 134 Å². The quantitative estimate of drug-likeness (QED) is 0.723. The Kier molecular flexibility index (Phi) is 4.93. The van der Waals surface area contributed by atoms with E-state index in [1.807, 2.05) is 24.4 Å². The minimum atomic E-state index is -0.132. The number of esters is 1. The van der Waals surface area contributed by atoms with Crippen LogP contribution in [0.5, 0.6) is 0 Å². The Morgan fingerprint density at radius 3 is 3.00 bits per heavy atom. The predicted octanol–water partition coefficient (Wildman–Crippen LogP) is 4.73. The van der Waals surface area contributed by atoms with Gasteiger partial charge in [0.25, 0.3) is 0 Å². The molecule has 3 rings (SSSR count). The number of nitrogens with zero attached hydrogens (tertiary/aromatic N) is 1. The molecular formula is C17H21NO3S. The number of ether oxygens (including phenoxy) is 1. The second kappa shape index (κ2) is 7.09. The summed E-state index contributed by atoms with van der Waals surface area (Å²) in [6.45, 7) is 2.05. The Morgan fingerprint density at radius 1 is 1.45 bits per heavy atom. The van der Waals surface area contributed by atoms with Gasteiger partial charge in [-0.05, 0) is 30.7 Å². The zero-order chi connectivity index (χ0) is 15.4. The number of aromatic nitrogens is 1. The molecule has 1 aliphatic carbocycles. The molecule has 1 aliphatic rings. The lowest BCUT2D eigenvalue weighted by molar-refractivity contribution is -0.145. The second-order valence-electron chi connectivity index (χ2n) is 5.85. The average Bonchev–Trinajstić information content (AvgIpc) is 3.24. The topological polar surface area (TPSA) is 52.3 Å². The van der Waals surface area contributed by atoms with Crippen molar-refractivity contribution >= 4 is 17.3 Å². The van der Waals surface area contributed by atoms with Gasteiger partial charge in [-0.3, -0.25) is 4.79 Å². The van der Waals surface area contributed by atoms with Crippen LogP contribution < -0.4 is 0 Å². The van der Waals surface area contributed by atoms with Crippen LogP contribution in [0.4, 0.5) is 0 Å². The van der Waals surface area contributed by atoms with Gasteiger partial charge >= 0.3 is 5.97 Å². The molecule has 0 radical (unpaired) electrons. The summed E-state index contributed by atoms with van der Waals surface area (Å²) in [6, 6.07) is 3.93. The normalized spacial score (nSPS) is 15.3. The van der Waals surface area contributed by atoms with Gasteiger partial charge in [-0.15, -0.1) is 11.3 Å². The largest absolute Gasteiger partial charge is 0.459 e. The molecule has 22 heavy (non-hydrogen) atoms. The smallest absolute Gasteiger partial charge is 0.306 e. The third-order valence-corrected chi connectivity index (χ3v) is 5.08. The molecule has 118 valence electrons. The molecule has 0 bridgehead atoms. The number of hydrogen-bond donors (Lipinski definition) is 0. The highest BCUT2D eigenvalue weighted by molar-refractivity contribution is 7.13. The van der Waals surface area contributed by atoms with E-state index in [4.69, 9.17) is 9.15 Å². The van der Waals surface area contributed by atoms with Crippen molar-refractivity contribution in [1.82, 2.24) is 4.98 Å². The fraction of sp³-hybridized carbons (Fsp3) is 0.529. The van der Waals surface area contributed by atoms with E-state index in [0.29, 0.717) is 29.7 Å². The van der Waals surface area contributed by atoms with Crippen molar-refractivity contribution in [2.24, 2.45) is 5.92 Å². The highest BCUT2D eigenvalue weighted by Crippen LogP contribution is 2.29. The van der Waals surface area contributed by atoms with Gasteiger partial charge in [-0.2, -0.15) is 0 Å². The summed E-state index contributed by atoms with van der Waals surface area (Å²) in [5.41, 5.74) is 0.706. The molecule has 0 aliphatic heterocycles. The van der Waals surface area contributed by atoms with Crippen LogP contribution in [0.1, 0.15) is 50.0 Å². The molecule has 2 aromatic heterocycles. The fourth-order valence-corrected chi connectivity index (χ4v) is 3.56. The highest BCUT2D eigenvalue weighted by Gasteiger charge is 2.18. The summed E-state index contributed by atoms with van der Waals surface area (Å²) in [6.07, 6.45) is 6.61. The third-order valence-electron chi connectivity index (χ3n) is 4.23. The summed E-state index contributed by atoms with van der Waals surface area (Å²) >= 11 is 1.58. The van der Waals surface area contributed by atoms with Crippen LogP contribution in [-0.2, 0) is 16.1 Å². The summed E-state index contributed by atoms with van der Waals surface area (Å²) in [7, 11) is 0. The third kappa shape index (κ3) is 3.77. The van der Waals surface area contributed by atoms with E-state index in [1.165, 1.54) is 25.7 Å². The molecule has 0 N–H and O–H groups in total. The standard InChI is InChI=1S/C17H21NO3S/c1-12-14(18-17(21-12)15-7-4-10-22-15)11-20-16(19)9-8-13-5-2-3-6-13/h4,7,10,13H,2-3,5-6,8-9,11H2,1H3. The zero-order valence-electron chi connectivity index (χ0n) is 12.8. The van der Waals surface area contributed by atoms with Crippen LogP contribution in [0.2, 0.25) is 0 Å². The monoisotopic (exact) mass is 319 g/mol. The molecule has 2 aromatic rings. The van der Waals surface area contributed by atoms with Gasteiger partial charge in [0, 0.05) is 6.42 Å². The van der Waals surface area contributed by atoms with Gasteiger partial charge in [0.05, 0.1) is 4.88 Å². The first kappa shape index (κ1) is 15.3. The maximum absolute atomic E-state index is 11.8. The van der Waals surface area contributed by atoms with Crippen LogP contribution >= 0.6 is 11.3 Å². The van der Waals surface area contributed by atoms with Crippen molar-refractivity contribution in [3.8, 4) is 10.8 Å². The van der Waals surface area contributed by atoms with Crippen molar-refractivity contribution in [2.75, 3.05) is 0 Å². The Bertz CT molecular complexity index is 612. The van der Waals surface area contributed by atoms with Crippen LogP contribution in [-0.4, -0.2) is 11.0 Å². The number of oxazole rings is 1. The lowest BCUT2D eigenvalue weighted by atomic mass is 10.0. The van der Waals surface area contributed by atoms with Crippen LogP contribution in [0, 0.1) is 12.8 Å². The molecule has 0 unspecified atom stereocenters. The van der Waals surface area contributed by atoms with E-state index < -0.39 is 0 Å². The number of hydrogen-bond acceptors (Lipinski definition) is 5. The van der Waals surface area contributed by atoms with Crippen LogP contribution in [0.25, 0.3) is 10.8 Å². The zero-order valence-corrected chi connectivity index (χ0v) is 13.7. The lowest BCUT2D eigenvalue weighted by Gasteiger charge is -2.08. The van der Waals surface area contributed by atoms with Gasteiger partial charge in [0.15, 0.2) is 0 Å². The average molecular weight is 319 g/mol. The van der Waals surface area contributed by atoms with Crippen LogP contribution in [0.15, 0.2) is 21.9 Å². The number of rotatable bonds is 6. The van der Waals surface area contributed by atoms with Crippen LogP contribution in [0.3, 0.4) is 0 Å². The molecule has 0 atom stereocenters. The Balaban J connectivity index is 1.49. The minimum absolute atomic E-state index is 0.132. The summed E-state index contributed by atoms with van der Waals surface area (Å²) in [5.74, 6) is 1.90. The maximum Gasteiger partial charge on any atom is 0.306 e. The van der Waals surface area contributed by atoms with E-state index in [-0.39, 0.29) is 12.6 Å². The van der Waals surface area contributed by atoms with Gasteiger partial charge in [-0.25, -0.2) is 4.98 Å². The van der Waals surface area contributed by atoms with Crippen molar-refractivity contribution < 1.29 is 13.9 Å². The number of carbonyl (C=O) groups excluding carboxylic acids is 1. The SMILES string of the molecule is Cc1oc(-c2cccs2)nc1COC(=O)CCC1CCCC1. The molecule has 0 spiro atoms. The molecule has 4 nitrogen and oxygen atoms in total. The first-order chi connectivity index (χ1) is 10.7. The molecule has 1 saturated carbocycles. The highest BCUT2D eigenvalue weighted by atomic mass is 32.1. The van der Waals surface area contributed by atoms with Gasteiger partial charge in [-0.1, -0.05) is 31.7 Å². The number of thiophene rings is 1. The van der Waals surface area contributed by atoms with Gasteiger partial charge < -0.3 is 9.15 Å². The molecule has 0 saturated heterocycles. The first-order valence-electron chi connectivity index (χ1n) is 7.88. The second-order valence-corrected chi connectivity index (χ2v) is 6.80.